The van der Waals surface area contributed by atoms with Crippen molar-refractivity contribution in [1.29, 1.82) is 0 Å². The maximum Gasteiger partial charge on any atom is 0.229 e. The molecule has 1 aliphatic heterocycles. The molecule has 4 rings (SSSR count). The number of hydrogen-bond acceptors (Lipinski definition) is 8. The summed E-state index contributed by atoms with van der Waals surface area (Å²) in [6.45, 7) is 9.46. The molecule has 1 N–H and O–H groups in total. The number of aliphatic hydroxyl groups is 1. The summed E-state index contributed by atoms with van der Waals surface area (Å²) >= 11 is 0. The summed E-state index contributed by atoms with van der Waals surface area (Å²) in [6.07, 6.45) is 1.01. The van der Waals surface area contributed by atoms with Crippen molar-refractivity contribution < 1.29 is 5.11 Å². The Balaban J connectivity index is 1.60. The van der Waals surface area contributed by atoms with E-state index in [1.807, 2.05) is 43.3 Å². The average Bonchev–Trinajstić information content (AvgIpc) is 2.73. The molecule has 1 aliphatic rings. The summed E-state index contributed by atoms with van der Waals surface area (Å²) in [5.41, 5.74) is 0.981. The molecular weight excluding hydrogens is 378 g/mol. The van der Waals surface area contributed by atoms with E-state index >= 15 is 0 Å². The minimum atomic E-state index is -0.689. The normalized spacial score (nSPS) is 20.3. The maximum atomic E-state index is 9.81. The summed E-state index contributed by atoms with van der Waals surface area (Å²) in [4.78, 5) is 27.2. The molecule has 3 heterocycles. The fourth-order valence-corrected chi connectivity index (χ4v) is 3.94. The number of rotatable bonds is 4. The lowest BCUT2D eigenvalue weighted by atomic mass is 10.1. The van der Waals surface area contributed by atoms with Gasteiger partial charge in [0.25, 0.3) is 0 Å². The van der Waals surface area contributed by atoms with Crippen LogP contribution in [0.2, 0.25) is 0 Å². The highest BCUT2D eigenvalue weighted by Crippen LogP contribution is 2.26. The van der Waals surface area contributed by atoms with Crippen molar-refractivity contribution in [3.63, 3.8) is 0 Å². The molecule has 3 atom stereocenters. The second kappa shape index (κ2) is 8.31. The van der Waals surface area contributed by atoms with Crippen LogP contribution < -0.4 is 9.80 Å². The molecule has 8 nitrogen and oxygen atoms in total. The molecule has 0 aliphatic carbocycles. The molecule has 0 bridgehead atoms. The third-order valence-corrected chi connectivity index (χ3v) is 5.27. The summed E-state index contributed by atoms with van der Waals surface area (Å²) in [6, 6.07) is 12.2. The van der Waals surface area contributed by atoms with Crippen LogP contribution in [0, 0.1) is 6.92 Å². The predicted octanol–water partition coefficient (Wildman–Crippen LogP) is 2.79. The number of nitrogens with zero attached hydrogens (tertiary/aromatic N) is 7. The molecule has 0 saturated carbocycles. The van der Waals surface area contributed by atoms with Crippen LogP contribution in [-0.4, -0.2) is 55.2 Å². The van der Waals surface area contributed by atoms with Crippen LogP contribution in [0.25, 0.3) is 11.4 Å². The van der Waals surface area contributed by atoms with Gasteiger partial charge in [-0.3, -0.25) is 0 Å². The molecule has 0 amide bonds. The van der Waals surface area contributed by atoms with Crippen LogP contribution in [0.3, 0.4) is 0 Å². The summed E-state index contributed by atoms with van der Waals surface area (Å²) in [5.74, 6) is 3.37. The van der Waals surface area contributed by atoms with Gasteiger partial charge in [-0.1, -0.05) is 30.3 Å². The number of piperazine rings is 1. The van der Waals surface area contributed by atoms with Crippen molar-refractivity contribution in [2.75, 3.05) is 22.9 Å². The van der Waals surface area contributed by atoms with Crippen molar-refractivity contribution in [3.8, 4) is 11.4 Å². The Morgan fingerprint density at radius 1 is 0.967 bits per heavy atom. The molecule has 0 unspecified atom stereocenters. The number of aliphatic hydroxyl groups excluding tert-OH is 1. The standard InChI is InChI=1S/C22H27N7O/c1-14-12-28(19-10-11-23-20(26-19)16(3)30)13-15(2)29(14)22-25-17(4)24-21(27-22)18-8-6-5-7-9-18/h5-11,14-16,30H,12-13H2,1-4H3/t14-,15+,16-/m1/s1. The monoisotopic (exact) mass is 405 g/mol. The van der Waals surface area contributed by atoms with Gasteiger partial charge in [0.05, 0.1) is 0 Å². The zero-order chi connectivity index (χ0) is 21.3. The summed E-state index contributed by atoms with van der Waals surface area (Å²) in [5, 5.41) is 9.81. The van der Waals surface area contributed by atoms with E-state index in [-0.39, 0.29) is 12.1 Å². The molecule has 0 radical (unpaired) electrons. The van der Waals surface area contributed by atoms with Gasteiger partial charge in [0.1, 0.15) is 17.7 Å². The van der Waals surface area contributed by atoms with Crippen LogP contribution in [0.5, 0.6) is 0 Å². The quantitative estimate of drug-likeness (QED) is 0.709. The Hall–Kier alpha value is -3.13. The van der Waals surface area contributed by atoms with Crippen LogP contribution >= 0.6 is 0 Å². The van der Waals surface area contributed by atoms with Crippen molar-refractivity contribution in [2.45, 2.75) is 45.9 Å². The first-order chi connectivity index (χ1) is 14.4. The lowest BCUT2D eigenvalue weighted by Crippen LogP contribution is -2.58. The van der Waals surface area contributed by atoms with Gasteiger partial charge in [0, 0.05) is 36.9 Å². The van der Waals surface area contributed by atoms with E-state index in [1.165, 1.54) is 0 Å². The molecule has 1 saturated heterocycles. The molecule has 2 aromatic heterocycles. The first kappa shape index (κ1) is 20.2. The Bertz CT molecular complexity index is 999. The second-order valence-corrected chi connectivity index (χ2v) is 7.83. The fraction of sp³-hybridized carbons (Fsp3) is 0.409. The molecule has 8 heteroatoms. The van der Waals surface area contributed by atoms with E-state index in [1.54, 1.807) is 13.1 Å². The number of aromatic nitrogens is 5. The van der Waals surface area contributed by atoms with Gasteiger partial charge in [-0.15, -0.1) is 0 Å². The largest absolute Gasteiger partial charge is 0.385 e. The van der Waals surface area contributed by atoms with Crippen LogP contribution in [-0.2, 0) is 0 Å². The average molecular weight is 406 g/mol. The summed E-state index contributed by atoms with van der Waals surface area (Å²) in [7, 11) is 0. The van der Waals surface area contributed by atoms with Crippen molar-refractivity contribution in [3.05, 3.63) is 54.2 Å². The minimum absolute atomic E-state index is 0.170. The van der Waals surface area contributed by atoms with Gasteiger partial charge in [-0.25, -0.2) is 15.0 Å². The van der Waals surface area contributed by atoms with Gasteiger partial charge in [0.2, 0.25) is 5.95 Å². The highest BCUT2D eigenvalue weighted by molar-refractivity contribution is 5.56. The molecule has 1 fully saturated rings. The zero-order valence-electron chi connectivity index (χ0n) is 17.8. The third-order valence-electron chi connectivity index (χ3n) is 5.27. The first-order valence-electron chi connectivity index (χ1n) is 10.2. The van der Waals surface area contributed by atoms with Gasteiger partial charge >= 0.3 is 0 Å². The van der Waals surface area contributed by atoms with E-state index in [0.717, 1.165) is 24.5 Å². The highest BCUT2D eigenvalue weighted by atomic mass is 16.3. The Kier molecular flexibility index (Phi) is 5.59. The van der Waals surface area contributed by atoms with E-state index in [9.17, 15) is 5.11 Å². The maximum absolute atomic E-state index is 9.81. The predicted molar refractivity (Wildman–Crippen MR) is 116 cm³/mol. The topological polar surface area (TPSA) is 91.2 Å². The zero-order valence-corrected chi connectivity index (χ0v) is 17.8. The Morgan fingerprint density at radius 3 is 2.33 bits per heavy atom. The van der Waals surface area contributed by atoms with Gasteiger partial charge in [0.15, 0.2) is 11.6 Å². The lowest BCUT2D eigenvalue weighted by Gasteiger charge is -2.45. The highest BCUT2D eigenvalue weighted by Gasteiger charge is 2.32. The van der Waals surface area contributed by atoms with Crippen molar-refractivity contribution >= 4 is 11.8 Å². The van der Waals surface area contributed by atoms with Crippen LogP contribution in [0.4, 0.5) is 11.8 Å². The second-order valence-electron chi connectivity index (χ2n) is 7.83. The molecule has 1 aromatic carbocycles. The Labute approximate surface area is 176 Å². The number of hydrogen-bond donors (Lipinski definition) is 1. The molecular formula is C22H27N7O. The number of aryl methyl sites for hydroxylation is 1. The van der Waals surface area contributed by atoms with Crippen LogP contribution in [0.1, 0.15) is 38.5 Å². The van der Waals surface area contributed by atoms with E-state index < -0.39 is 6.10 Å². The van der Waals surface area contributed by atoms with Gasteiger partial charge in [-0.05, 0) is 33.8 Å². The van der Waals surface area contributed by atoms with Gasteiger partial charge in [-0.2, -0.15) is 9.97 Å². The Morgan fingerprint density at radius 2 is 1.67 bits per heavy atom. The van der Waals surface area contributed by atoms with E-state index in [4.69, 9.17) is 4.98 Å². The molecule has 3 aromatic rings. The minimum Gasteiger partial charge on any atom is -0.385 e. The number of anilines is 2. The molecule has 0 spiro atoms. The van der Waals surface area contributed by atoms with Crippen molar-refractivity contribution in [2.24, 2.45) is 0 Å². The lowest BCUT2D eigenvalue weighted by molar-refractivity contribution is 0.189. The fourth-order valence-electron chi connectivity index (χ4n) is 3.94. The smallest absolute Gasteiger partial charge is 0.229 e. The van der Waals surface area contributed by atoms with Crippen molar-refractivity contribution in [1.82, 2.24) is 24.9 Å². The van der Waals surface area contributed by atoms with Gasteiger partial charge < -0.3 is 14.9 Å². The first-order valence-corrected chi connectivity index (χ1v) is 10.2. The molecule has 156 valence electrons. The SMILES string of the molecule is Cc1nc(-c2ccccc2)nc(N2[C@H](C)CN(c3ccnc([C@@H](C)O)n3)C[C@@H]2C)n1. The third kappa shape index (κ3) is 4.09. The van der Waals surface area contributed by atoms with Crippen LogP contribution in [0.15, 0.2) is 42.6 Å². The van der Waals surface area contributed by atoms with E-state index in [0.29, 0.717) is 23.4 Å². The summed E-state index contributed by atoms with van der Waals surface area (Å²) < 4.78 is 0. The van der Waals surface area contributed by atoms with E-state index in [2.05, 4.69) is 43.6 Å². The molecule has 30 heavy (non-hydrogen) atoms. The number of benzene rings is 1.